The summed E-state index contributed by atoms with van der Waals surface area (Å²) in [4.78, 5) is 16.0. The molecule has 0 bridgehead atoms. The number of hydrogen-bond acceptors (Lipinski definition) is 2. The Morgan fingerprint density at radius 2 is 2.11 bits per heavy atom. The molecule has 0 atom stereocenters. The number of amides is 1. The first-order valence-electron chi connectivity index (χ1n) is 5.25. The number of aromatic nitrogens is 1. The third kappa shape index (κ3) is 3.04. The Morgan fingerprint density at radius 3 is 2.78 bits per heavy atom. The zero-order valence-corrected chi connectivity index (χ0v) is 11.7. The number of rotatable bonds is 2. The van der Waals surface area contributed by atoms with E-state index in [4.69, 9.17) is 0 Å². The monoisotopic (exact) mass is 356 g/mol. The fourth-order valence-corrected chi connectivity index (χ4v) is 1.79. The van der Waals surface area contributed by atoms with Gasteiger partial charge in [-0.1, -0.05) is 6.07 Å². The van der Waals surface area contributed by atoms with Crippen molar-refractivity contribution in [2.24, 2.45) is 0 Å². The molecule has 3 nitrogen and oxygen atoms in total. The largest absolute Gasteiger partial charge is 0.307 e. The van der Waals surface area contributed by atoms with E-state index in [2.05, 4.69) is 32.9 Å². The standard InChI is InChI=1S/C13H10FIN2O/c1-8-2-3-9(14)6-11(8)13(18)17-12-5-4-10(15)7-16-12/h2-7H,1H3,(H,16,17,18). The van der Waals surface area contributed by atoms with E-state index in [1.165, 1.54) is 12.1 Å². The van der Waals surface area contributed by atoms with Gasteiger partial charge < -0.3 is 5.32 Å². The number of halogens is 2. The molecule has 0 saturated carbocycles. The molecule has 0 aliphatic heterocycles. The Balaban J connectivity index is 2.21. The number of carbonyl (C=O) groups excluding carboxylic acids is 1. The summed E-state index contributed by atoms with van der Waals surface area (Å²) >= 11 is 2.13. The fraction of sp³-hybridized carbons (Fsp3) is 0.0769. The van der Waals surface area contributed by atoms with Gasteiger partial charge in [-0.15, -0.1) is 0 Å². The van der Waals surface area contributed by atoms with Gasteiger partial charge in [0.2, 0.25) is 0 Å². The third-order valence-corrected chi connectivity index (χ3v) is 3.05. The predicted octanol–water partition coefficient (Wildman–Crippen LogP) is 3.39. The SMILES string of the molecule is Cc1ccc(F)cc1C(=O)Nc1ccc(I)cn1. The maximum absolute atomic E-state index is 13.1. The molecule has 0 fully saturated rings. The van der Waals surface area contributed by atoms with Gasteiger partial charge in [0, 0.05) is 15.3 Å². The van der Waals surface area contributed by atoms with Crippen molar-refractivity contribution < 1.29 is 9.18 Å². The summed E-state index contributed by atoms with van der Waals surface area (Å²) in [7, 11) is 0. The maximum Gasteiger partial charge on any atom is 0.257 e. The average Bonchev–Trinajstić information content (AvgIpc) is 2.35. The zero-order valence-electron chi connectivity index (χ0n) is 9.58. The van der Waals surface area contributed by atoms with Crippen LogP contribution in [0, 0.1) is 16.3 Å². The molecule has 0 unspecified atom stereocenters. The minimum atomic E-state index is -0.429. The zero-order chi connectivity index (χ0) is 13.1. The molecule has 1 amide bonds. The Hall–Kier alpha value is -1.50. The van der Waals surface area contributed by atoms with Crippen molar-refractivity contribution in [3.8, 4) is 0 Å². The van der Waals surface area contributed by atoms with E-state index in [0.29, 0.717) is 11.4 Å². The van der Waals surface area contributed by atoms with E-state index in [1.807, 2.05) is 6.07 Å². The summed E-state index contributed by atoms with van der Waals surface area (Å²) in [5, 5.41) is 2.63. The summed E-state index contributed by atoms with van der Waals surface area (Å²) < 4.78 is 14.1. The highest BCUT2D eigenvalue weighted by Gasteiger charge is 2.10. The highest BCUT2D eigenvalue weighted by Crippen LogP contribution is 2.13. The lowest BCUT2D eigenvalue weighted by molar-refractivity contribution is 0.102. The molecule has 92 valence electrons. The van der Waals surface area contributed by atoms with Crippen LogP contribution in [0.15, 0.2) is 36.5 Å². The van der Waals surface area contributed by atoms with Crippen LogP contribution < -0.4 is 5.32 Å². The molecule has 1 N–H and O–H groups in total. The lowest BCUT2D eigenvalue weighted by atomic mass is 10.1. The molecule has 0 aliphatic rings. The molecule has 0 spiro atoms. The molecule has 0 saturated heterocycles. The van der Waals surface area contributed by atoms with E-state index in [-0.39, 0.29) is 5.91 Å². The van der Waals surface area contributed by atoms with Crippen molar-refractivity contribution in [1.82, 2.24) is 4.98 Å². The molecule has 2 aromatic rings. The number of hydrogen-bond donors (Lipinski definition) is 1. The highest BCUT2D eigenvalue weighted by atomic mass is 127. The van der Waals surface area contributed by atoms with Crippen molar-refractivity contribution in [3.63, 3.8) is 0 Å². The van der Waals surface area contributed by atoms with Gasteiger partial charge in [0.05, 0.1) is 0 Å². The van der Waals surface area contributed by atoms with Crippen molar-refractivity contribution in [2.45, 2.75) is 6.92 Å². The Labute approximate surface area is 118 Å². The third-order valence-electron chi connectivity index (χ3n) is 2.41. The van der Waals surface area contributed by atoms with Crippen LogP contribution >= 0.6 is 22.6 Å². The van der Waals surface area contributed by atoms with Gasteiger partial charge in [-0.25, -0.2) is 9.37 Å². The molecule has 2 rings (SSSR count). The van der Waals surface area contributed by atoms with Gasteiger partial charge in [-0.05, 0) is 59.3 Å². The first-order valence-corrected chi connectivity index (χ1v) is 6.33. The molecular weight excluding hydrogens is 346 g/mol. The van der Waals surface area contributed by atoms with Crippen LogP contribution in [-0.4, -0.2) is 10.9 Å². The van der Waals surface area contributed by atoms with Crippen LogP contribution in [-0.2, 0) is 0 Å². The van der Waals surface area contributed by atoms with E-state index in [9.17, 15) is 9.18 Å². The fourth-order valence-electron chi connectivity index (χ4n) is 1.47. The Morgan fingerprint density at radius 1 is 1.33 bits per heavy atom. The molecule has 1 aromatic carbocycles. The molecule has 1 aromatic heterocycles. The summed E-state index contributed by atoms with van der Waals surface area (Å²) in [6.45, 7) is 1.76. The second-order valence-corrected chi connectivity index (χ2v) is 5.02. The first kappa shape index (κ1) is 12.9. The van der Waals surface area contributed by atoms with Crippen LogP contribution in [0.25, 0.3) is 0 Å². The van der Waals surface area contributed by atoms with Crippen molar-refractivity contribution in [1.29, 1.82) is 0 Å². The topological polar surface area (TPSA) is 42.0 Å². The van der Waals surface area contributed by atoms with E-state index < -0.39 is 5.82 Å². The van der Waals surface area contributed by atoms with Gasteiger partial charge >= 0.3 is 0 Å². The number of carbonyl (C=O) groups is 1. The number of nitrogens with zero attached hydrogens (tertiary/aromatic N) is 1. The first-order chi connectivity index (χ1) is 8.56. The molecular formula is C13H10FIN2O. The van der Waals surface area contributed by atoms with Gasteiger partial charge in [-0.2, -0.15) is 0 Å². The number of anilines is 1. The predicted molar refractivity (Wildman–Crippen MR) is 76.0 cm³/mol. The maximum atomic E-state index is 13.1. The van der Waals surface area contributed by atoms with Crippen LogP contribution in [0.4, 0.5) is 10.2 Å². The van der Waals surface area contributed by atoms with E-state index in [1.54, 1.807) is 25.3 Å². The average molecular weight is 356 g/mol. The summed E-state index contributed by atoms with van der Waals surface area (Å²) in [6.07, 6.45) is 1.65. The second-order valence-electron chi connectivity index (χ2n) is 3.78. The minimum absolute atomic E-state index is 0.315. The van der Waals surface area contributed by atoms with Crippen molar-refractivity contribution in [3.05, 3.63) is 57.0 Å². The lowest BCUT2D eigenvalue weighted by Gasteiger charge is -2.07. The molecule has 0 radical (unpaired) electrons. The van der Waals surface area contributed by atoms with Crippen LogP contribution in [0.2, 0.25) is 0 Å². The smallest absolute Gasteiger partial charge is 0.257 e. The number of pyridine rings is 1. The summed E-state index contributed by atoms with van der Waals surface area (Å²) in [6, 6.07) is 7.66. The Bertz CT molecular complexity index is 584. The van der Waals surface area contributed by atoms with Crippen LogP contribution in [0.5, 0.6) is 0 Å². The molecule has 0 aliphatic carbocycles. The highest BCUT2D eigenvalue weighted by molar-refractivity contribution is 14.1. The van der Waals surface area contributed by atoms with Gasteiger partial charge in [0.15, 0.2) is 0 Å². The lowest BCUT2D eigenvalue weighted by Crippen LogP contribution is -2.14. The summed E-state index contributed by atoms with van der Waals surface area (Å²) in [5.41, 5.74) is 1.04. The molecule has 5 heteroatoms. The molecule has 1 heterocycles. The van der Waals surface area contributed by atoms with Crippen molar-refractivity contribution in [2.75, 3.05) is 5.32 Å². The summed E-state index contributed by atoms with van der Waals surface area (Å²) in [5.74, 6) is -0.342. The molecule has 18 heavy (non-hydrogen) atoms. The normalized spacial score (nSPS) is 10.2. The number of nitrogens with one attached hydrogen (secondary N) is 1. The van der Waals surface area contributed by atoms with Gasteiger partial charge in [0.1, 0.15) is 11.6 Å². The Kier molecular flexibility index (Phi) is 3.90. The minimum Gasteiger partial charge on any atom is -0.307 e. The second kappa shape index (κ2) is 5.43. The number of benzene rings is 1. The number of aryl methyl sites for hydroxylation is 1. The van der Waals surface area contributed by atoms with Gasteiger partial charge in [0.25, 0.3) is 5.91 Å². The van der Waals surface area contributed by atoms with Crippen molar-refractivity contribution >= 4 is 34.3 Å². The van der Waals surface area contributed by atoms with E-state index >= 15 is 0 Å². The van der Waals surface area contributed by atoms with E-state index in [0.717, 1.165) is 9.13 Å². The van der Waals surface area contributed by atoms with Crippen LogP contribution in [0.1, 0.15) is 15.9 Å². The van der Waals surface area contributed by atoms with Gasteiger partial charge in [-0.3, -0.25) is 4.79 Å². The quantitative estimate of drug-likeness (QED) is 0.839. The van der Waals surface area contributed by atoms with Crippen LogP contribution in [0.3, 0.4) is 0 Å².